The summed E-state index contributed by atoms with van der Waals surface area (Å²) in [4.78, 5) is 2.35. The number of nitrogens with zero attached hydrogens (tertiary/aromatic N) is 1. The maximum Gasteiger partial charge on any atom is 0.104 e. The van der Waals surface area contributed by atoms with E-state index in [1.54, 1.807) is 0 Å². The lowest BCUT2D eigenvalue weighted by molar-refractivity contribution is 1.28. The van der Waals surface area contributed by atoms with Crippen LogP contribution in [-0.4, -0.2) is 8.07 Å². The van der Waals surface area contributed by atoms with E-state index in [9.17, 15) is 0 Å². The van der Waals surface area contributed by atoms with Crippen LogP contribution in [0.4, 0.5) is 17.1 Å². The van der Waals surface area contributed by atoms with E-state index < -0.39 is 8.07 Å². The van der Waals surface area contributed by atoms with Crippen molar-refractivity contribution in [1.82, 2.24) is 0 Å². The zero-order chi connectivity index (χ0) is 36.5. The molecule has 0 N–H and O–H groups in total. The Morgan fingerprint density at radius 2 is 0.852 bits per heavy atom. The SMILES string of the molecule is C[Si](C)(/C=C/c1ccc(N(c2ccccc2)c2ccc(-c3c4ccccc4c(-c4cccc5ccccc45)c4ccccc34)cc2)cc1)c1ccccc1. The van der Waals surface area contributed by atoms with Crippen molar-refractivity contribution in [2.45, 2.75) is 13.1 Å². The Balaban J connectivity index is 1.12. The molecule has 0 unspecified atom stereocenters. The minimum absolute atomic E-state index is 1.12. The quantitative estimate of drug-likeness (QED) is 0.112. The van der Waals surface area contributed by atoms with Crippen molar-refractivity contribution in [1.29, 1.82) is 0 Å². The number of benzene rings is 9. The van der Waals surface area contributed by atoms with Gasteiger partial charge in [-0.15, -0.1) is 0 Å². The van der Waals surface area contributed by atoms with Gasteiger partial charge in [0.25, 0.3) is 0 Å². The number of anilines is 3. The molecule has 54 heavy (non-hydrogen) atoms. The van der Waals surface area contributed by atoms with Crippen LogP contribution in [0.15, 0.2) is 206 Å². The Morgan fingerprint density at radius 3 is 1.46 bits per heavy atom. The average Bonchev–Trinajstić information content (AvgIpc) is 3.23. The van der Waals surface area contributed by atoms with Crippen molar-refractivity contribution < 1.29 is 0 Å². The number of rotatable bonds is 8. The molecular formula is C52H41NSi. The minimum Gasteiger partial charge on any atom is -0.311 e. The molecule has 9 aromatic carbocycles. The second-order valence-corrected chi connectivity index (χ2v) is 19.0. The summed E-state index contributed by atoms with van der Waals surface area (Å²) < 4.78 is 0. The van der Waals surface area contributed by atoms with Crippen molar-refractivity contribution in [2.24, 2.45) is 0 Å². The maximum atomic E-state index is 2.44. The number of fused-ring (bicyclic) bond motifs is 3. The van der Waals surface area contributed by atoms with Gasteiger partial charge < -0.3 is 4.90 Å². The van der Waals surface area contributed by atoms with Crippen molar-refractivity contribution >= 4 is 68.7 Å². The van der Waals surface area contributed by atoms with Gasteiger partial charge in [0.05, 0.1) is 0 Å². The molecular weight excluding hydrogens is 667 g/mol. The van der Waals surface area contributed by atoms with Gasteiger partial charge in [0.15, 0.2) is 0 Å². The highest BCUT2D eigenvalue weighted by Crippen LogP contribution is 2.46. The zero-order valence-corrected chi connectivity index (χ0v) is 31.7. The van der Waals surface area contributed by atoms with E-state index in [4.69, 9.17) is 0 Å². The molecule has 0 amide bonds. The van der Waals surface area contributed by atoms with Crippen molar-refractivity contribution in [3.8, 4) is 22.3 Å². The molecule has 0 saturated carbocycles. The van der Waals surface area contributed by atoms with E-state index >= 15 is 0 Å². The molecule has 2 heteroatoms. The summed E-state index contributed by atoms with van der Waals surface area (Å²) in [5.74, 6) is 0. The van der Waals surface area contributed by atoms with Crippen LogP contribution < -0.4 is 10.1 Å². The smallest absolute Gasteiger partial charge is 0.104 e. The molecule has 0 saturated heterocycles. The van der Waals surface area contributed by atoms with E-state index in [-0.39, 0.29) is 0 Å². The Labute approximate surface area is 319 Å². The highest BCUT2D eigenvalue weighted by atomic mass is 28.3. The largest absolute Gasteiger partial charge is 0.311 e. The van der Waals surface area contributed by atoms with Crippen molar-refractivity contribution in [2.75, 3.05) is 4.90 Å². The predicted octanol–water partition coefficient (Wildman–Crippen LogP) is 14.1. The van der Waals surface area contributed by atoms with Crippen LogP contribution in [0.3, 0.4) is 0 Å². The van der Waals surface area contributed by atoms with E-state index in [1.807, 2.05) is 0 Å². The molecule has 0 fully saturated rings. The first kappa shape index (κ1) is 33.4. The van der Waals surface area contributed by atoms with Gasteiger partial charge in [0, 0.05) is 17.1 Å². The van der Waals surface area contributed by atoms with Gasteiger partial charge in [-0.05, 0) is 96.5 Å². The van der Waals surface area contributed by atoms with Crippen LogP contribution in [0.2, 0.25) is 13.1 Å². The minimum atomic E-state index is -1.69. The monoisotopic (exact) mass is 707 g/mol. The molecule has 9 rings (SSSR count). The van der Waals surface area contributed by atoms with Crippen molar-refractivity contribution in [3.05, 3.63) is 211 Å². The number of hydrogen-bond acceptors (Lipinski definition) is 1. The lowest BCUT2D eigenvalue weighted by Gasteiger charge is -2.26. The Kier molecular flexibility index (Phi) is 8.74. The standard InChI is InChI=1S/C52H41NSi/c1-54(2,44-20-7-4-8-21-44)37-36-38-28-32-42(33-29-38)53(41-18-5-3-6-19-41)43-34-30-40(31-35-43)51-47-23-11-13-25-49(47)52(50-26-14-12-24-48(50)51)46-27-15-17-39-16-9-10-22-45(39)46/h3-37H,1-2H3/b37-36+. The summed E-state index contributed by atoms with van der Waals surface area (Å²) in [5, 5.41) is 9.02. The molecule has 0 aliphatic rings. The van der Waals surface area contributed by atoms with Crippen LogP contribution in [0.5, 0.6) is 0 Å². The lowest BCUT2D eigenvalue weighted by Crippen LogP contribution is -2.39. The molecule has 9 aromatic rings. The van der Waals surface area contributed by atoms with Gasteiger partial charge in [-0.25, -0.2) is 0 Å². The first-order valence-electron chi connectivity index (χ1n) is 18.8. The molecule has 0 radical (unpaired) electrons. The third kappa shape index (κ3) is 6.21. The molecule has 0 heterocycles. The van der Waals surface area contributed by atoms with Crippen LogP contribution >= 0.6 is 0 Å². The van der Waals surface area contributed by atoms with Crippen LogP contribution in [0.25, 0.3) is 60.6 Å². The molecule has 0 aliphatic heterocycles. The fourth-order valence-electron chi connectivity index (χ4n) is 7.98. The third-order valence-electron chi connectivity index (χ3n) is 10.8. The molecule has 0 aromatic heterocycles. The van der Waals surface area contributed by atoms with Gasteiger partial charge >= 0.3 is 0 Å². The summed E-state index contributed by atoms with van der Waals surface area (Å²) in [6.45, 7) is 4.80. The normalized spacial score (nSPS) is 11.8. The molecule has 1 nitrogen and oxygen atoms in total. The second kappa shape index (κ2) is 14.2. The maximum absolute atomic E-state index is 2.44. The summed E-state index contributed by atoms with van der Waals surface area (Å²) in [5.41, 5.74) is 12.0. The fourth-order valence-corrected chi connectivity index (χ4v) is 9.83. The first-order valence-corrected chi connectivity index (χ1v) is 21.8. The van der Waals surface area contributed by atoms with E-state index in [0.29, 0.717) is 0 Å². The van der Waals surface area contributed by atoms with Gasteiger partial charge in [-0.2, -0.15) is 0 Å². The zero-order valence-electron chi connectivity index (χ0n) is 30.7. The fraction of sp³-hybridized carbons (Fsp3) is 0.0385. The van der Waals surface area contributed by atoms with Gasteiger partial charge in [-0.1, -0.05) is 194 Å². The van der Waals surface area contributed by atoms with Gasteiger partial charge in [0.1, 0.15) is 8.07 Å². The third-order valence-corrected chi connectivity index (χ3v) is 13.6. The highest BCUT2D eigenvalue weighted by Gasteiger charge is 2.20. The summed E-state index contributed by atoms with van der Waals surface area (Å²) in [6, 6.07) is 72.9. The Hall–Kier alpha value is -6.48. The van der Waals surface area contributed by atoms with Gasteiger partial charge in [0.2, 0.25) is 0 Å². The van der Waals surface area contributed by atoms with E-state index in [1.165, 1.54) is 65.3 Å². The van der Waals surface area contributed by atoms with Crippen LogP contribution in [0, 0.1) is 0 Å². The highest BCUT2D eigenvalue weighted by molar-refractivity contribution is 6.94. The molecule has 0 bridgehead atoms. The van der Waals surface area contributed by atoms with Crippen molar-refractivity contribution in [3.63, 3.8) is 0 Å². The molecule has 0 spiro atoms. The summed E-state index contributed by atoms with van der Waals surface area (Å²) >= 11 is 0. The number of hydrogen-bond donors (Lipinski definition) is 0. The second-order valence-electron chi connectivity index (χ2n) is 14.6. The molecule has 0 aliphatic carbocycles. The van der Waals surface area contributed by atoms with E-state index in [0.717, 1.165) is 17.1 Å². The summed E-state index contributed by atoms with van der Waals surface area (Å²) in [6.07, 6.45) is 2.30. The lowest BCUT2D eigenvalue weighted by atomic mass is 9.85. The predicted molar refractivity (Wildman–Crippen MR) is 237 cm³/mol. The van der Waals surface area contributed by atoms with Crippen LogP contribution in [0.1, 0.15) is 5.56 Å². The number of para-hydroxylation sites is 1. The van der Waals surface area contributed by atoms with Gasteiger partial charge in [-0.3, -0.25) is 0 Å². The molecule has 258 valence electrons. The summed E-state index contributed by atoms with van der Waals surface area (Å²) in [7, 11) is -1.69. The Morgan fingerprint density at radius 1 is 0.389 bits per heavy atom. The topological polar surface area (TPSA) is 3.24 Å². The van der Waals surface area contributed by atoms with Crippen LogP contribution in [-0.2, 0) is 0 Å². The first-order chi connectivity index (χ1) is 26.5. The van der Waals surface area contributed by atoms with E-state index in [2.05, 4.69) is 230 Å². The molecule has 0 atom stereocenters. The average molecular weight is 708 g/mol. The Bertz CT molecular complexity index is 2700.